The fourth-order valence-electron chi connectivity index (χ4n) is 3.37. The molecular weight excluding hydrogens is 394 g/mol. The molecule has 0 aliphatic heterocycles. The second-order valence-electron chi connectivity index (χ2n) is 6.77. The topological polar surface area (TPSA) is 82.3 Å². The molecule has 29 heavy (non-hydrogen) atoms. The molecule has 1 aromatic carbocycles. The van der Waals surface area contributed by atoms with Gasteiger partial charge in [0, 0.05) is 49.2 Å². The van der Waals surface area contributed by atoms with Crippen LogP contribution in [0.4, 0.5) is 0 Å². The van der Waals surface area contributed by atoms with Crippen molar-refractivity contribution in [2.45, 2.75) is 0 Å². The molecule has 148 valence electrons. The van der Waals surface area contributed by atoms with Crippen molar-refractivity contribution in [2.75, 3.05) is 21.2 Å². The molecule has 0 atom stereocenters. The van der Waals surface area contributed by atoms with Gasteiger partial charge in [-0.15, -0.1) is 0 Å². The zero-order valence-corrected chi connectivity index (χ0v) is 17.1. The maximum Gasteiger partial charge on any atom is 0.296 e. The van der Waals surface area contributed by atoms with Gasteiger partial charge in [-0.25, -0.2) is 4.98 Å². The van der Waals surface area contributed by atoms with E-state index in [2.05, 4.69) is 10.1 Å². The molecule has 0 saturated carbocycles. The Labute approximate surface area is 170 Å². The summed E-state index contributed by atoms with van der Waals surface area (Å²) in [6, 6.07) is 8.51. The third kappa shape index (κ3) is 2.92. The Hall–Kier alpha value is -3.39. The Morgan fingerprint density at radius 3 is 2.66 bits per heavy atom. The molecule has 4 rings (SSSR count). The highest BCUT2D eigenvalue weighted by Crippen LogP contribution is 2.31. The third-order valence-corrected chi connectivity index (χ3v) is 5.01. The van der Waals surface area contributed by atoms with Gasteiger partial charge in [-0.3, -0.25) is 9.59 Å². The number of fused-ring (bicyclic) bond motifs is 3. The van der Waals surface area contributed by atoms with Crippen molar-refractivity contribution in [1.82, 2.24) is 24.2 Å². The molecule has 0 radical (unpaired) electrons. The zero-order chi connectivity index (χ0) is 20.9. The number of amides is 1. The van der Waals surface area contributed by atoms with Gasteiger partial charge in [0.25, 0.3) is 11.5 Å². The number of ether oxygens (including phenoxy) is 1. The first-order valence-electron chi connectivity index (χ1n) is 8.76. The summed E-state index contributed by atoms with van der Waals surface area (Å²) < 4.78 is 8.09. The number of rotatable bonds is 3. The number of pyridine rings is 1. The largest absolute Gasteiger partial charge is 0.481 e. The van der Waals surface area contributed by atoms with Crippen LogP contribution in [0.3, 0.4) is 0 Å². The first-order chi connectivity index (χ1) is 13.8. The van der Waals surface area contributed by atoms with Crippen LogP contribution in [0.5, 0.6) is 5.88 Å². The van der Waals surface area contributed by atoms with E-state index in [-0.39, 0.29) is 17.2 Å². The summed E-state index contributed by atoms with van der Waals surface area (Å²) >= 11 is 6.16. The average Bonchev–Trinajstić information content (AvgIpc) is 3.00. The fraction of sp³-hybridized carbons (Fsp3) is 0.200. The van der Waals surface area contributed by atoms with E-state index >= 15 is 0 Å². The van der Waals surface area contributed by atoms with Crippen LogP contribution >= 0.6 is 11.6 Å². The molecule has 0 aliphatic rings. The number of carbonyl (C=O) groups excluding carboxylic acids is 1. The molecule has 0 saturated heterocycles. The lowest BCUT2D eigenvalue weighted by molar-refractivity contribution is 0.0822. The number of aryl methyl sites for hydroxylation is 1. The smallest absolute Gasteiger partial charge is 0.296 e. The lowest BCUT2D eigenvalue weighted by Gasteiger charge is -2.13. The summed E-state index contributed by atoms with van der Waals surface area (Å²) in [4.78, 5) is 31.9. The maximum absolute atomic E-state index is 13.4. The number of hydrogen-bond donors (Lipinski definition) is 0. The molecule has 1 amide bonds. The van der Waals surface area contributed by atoms with Crippen LogP contribution in [0.25, 0.3) is 27.5 Å². The summed E-state index contributed by atoms with van der Waals surface area (Å²) in [7, 11) is 6.54. The van der Waals surface area contributed by atoms with Crippen LogP contribution in [0, 0.1) is 0 Å². The second kappa shape index (κ2) is 6.89. The number of nitrogens with zero attached hydrogens (tertiary/aromatic N) is 5. The molecular formula is C20H18ClN5O3. The quantitative estimate of drug-likeness (QED) is 0.517. The van der Waals surface area contributed by atoms with E-state index in [1.165, 1.54) is 22.9 Å². The molecule has 0 spiro atoms. The predicted molar refractivity (Wildman–Crippen MR) is 111 cm³/mol. The van der Waals surface area contributed by atoms with Crippen LogP contribution < -0.4 is 10.3 Å². The van der Waals surface area contributed by atoms with Gasteiger partial charge in [0.15, 0.2) is 5.69 Å². The number of hydrogen-bond acceptors (Lipinski definition) is 5. The van der Waals surface area contributed by atoms with Gasteiger partial charge in [-0.1, -0.05) is 17.7 Å². The molecule has 0 fully saturated rings. The molecule has 0 unspecified atom stereocenters. The monoisotopic (exact) mass is 411 g/mol. The highest BCUT2D eigenvalue weighted by Gasteiger charge is 2.24. The third-order valence-electron chi connectivity index (χ3n) is 4.78. The fourth-order valence-corrected chi connectivity index (χ4v) is 3.54. The van der Waals surface area contributed by atoms with E-state index in [4.69, 9.17) is 16.3 Å². The minimum atomic E-state index is -0.363. The Morgan fingerprint density at radius 1 is 1.21 bits per heavy atom. The number of methoxy groups -OCH3 is 1. The van der Waals surface area contributed by atoms with E-state index in [0.717, 1.165) is 10.9 Å². The van der Waals surface area contributed by atoms with Crippen LogP contribution in [-0.4, -0.2) is 51.3 Å². The molecule has 9 heteroatoms. The average molecular weight is 412 g/mol. The van der Waals surface area contributed by atoms with Crippen molar-refractivity contribution in [2.24, 2.45) is 7.05 Å². The zero-order valence-electron chi connectivity index (χ0n) is 16.3. The number of benzene rings is 1. The van der Waals surface area contributed by atoms with Gasteiger partial charge in [0.2, 0.25) is 5.88 Å². The van der Waals surface area contributed by atoms with E-state index in [1.807, 2.05) is 0 Å². The van der Waals surface area contributed by atoms with E-state index in [1.54, 1.807) is 56.0 Å². The van der Waals surface area contributed by atoms with Gasteiger partial charge in [0.05, 0.1) is 18.3 Å². The number of carbonyl (C=O) groups is 1. The van der Waals surface area contributed by atoms with Gasteiger partial charge >= 0.3 is 0 Å². The van der Waals surface area contributed by atoms with Crippen molar-refractivity contribution in [3.05, 3.63) is 57.6 Å². The summed E-state index contributed by atoms with van der Waals surface area (Å²) in [5.74, 6) is 0.0211. The minimum Gasteiger partial charge on any atom is -0.481 e. The normalized spacial score (nSPS) is 11.2. The molecule has 0 bridgehead atoms. The van der Waals surface area contributed by atoms with Crippen molar-refractivity contribution in [1.29, 1.82) is 0 Å². The minimum absolute atomic E-state index is 0.174. The summed E-state index contributed by atoms with van der Waals surface area (Å²) in [5, 5.41) is 6.21. The Balaban J connectivity index is 2.19. The first-order valence-corrected chi connectivity index (χ1v) is 9.14. The van der Waals surface area contributed by atoms with Crippen LogP contribution in [0.2, 0.25) is 5.02 Å². The van der Waals surface area contributed by atoms with Crippen molar-refractivity contribution >= 4 is 39.3 Å². The highest BCUT2D eigenvalue weighted by atomic mass is 35.5. The lowest BCUT2D eigenvalue weighted by Crippen LogP contribution is -2.29. The number of aromatic nitrogens is 4. The molecule has 3 heterocycles. The van der Waals surface area contributed by atoms with Gasteiger partial charge < -0.3 is 14.2 Å². The first kappa shape index (κ1) is 18.9. The van der Waals surface area contributed by atoms with Crippen LogP contribution in [-0.2, 0) is 7.05 Å². The Bertz CT molecular complexity index is 1340. The van der Waals surface area contributed by atoms with Crippen LogP contribution in [0.15, 0.2) is 41.3 Å². The van der Waals surface area contributed by atoms with E-state index in [0.29, 0.717) is 27.5 Å². The van der Waals surface area contributed by atoms with E-state index < -0.39 is 0 Å². The van der Waals surface area contributed by atoms with Crippen molar-refractivity contribution < 1.29 is 9.53 Å². The Morgan fingerprint density at radius 2 is 1.97 bits per heavy atom. The summed E-state index contributed by atoms with van der Waals surface area (Å²) in [6.07, 6.45) is 1.52. The Kier molecular flexibility index (Phi) is 4.50. The van der Waals surface area contributed by atoms with Gasteiger partial charge in [-0.05, 0) is 18.2 Å². The van der Waals surface area contributed by atoms with Gasteiger partial charge in [-0.2, -0.15) is 9.78 Å². The van der Waals surface area contributed by atoms with Gasteiger partial charge in [0.1, 0.15) is 5.52 Å². The van der Waals surface area contributed by atoms with E-state index in [9.17, 15) is 9.59 Å². The maximum atomic E-state index is 13.4. The standard InChI is InChI=1S/C20H18ClN5O3/c1-24(2)19(27)17-16-13-6-5-11(21)9-14(13)25(3)18(16)20(28)26(23-17)12-7-8-22-15(10-12)29-4/h5-10H,1-4H3. The predicted octanol–water partition coefficient (Wildman–Crippen LogP) is 2.64. The van der Waals surface area contributed by atoms with Crippen molar-refractivity contribution in [3.63, 3.8) is 0 Å². The molecule has 4 aromatic rings. The SMILES string of the molecule is COc1cc(-n2nc(C(=O)N(C)C)c3c4ccc(Cl)cc4n(C)c3c2=O)ccn1. The van der Waals surface area contributed by atoms with Crippen molar-refractivity contribution in [3.8, 4) is 11.6 Å². The number of halogens is 1. The summed E-state index contributed by atoms with van der Waals surface area (Å²) in [5.41, 5.74) is 1.36. The van der Waals surface area contributed by atoms with Crippen LogP contribution in [0.1, 0.15) is 10.5 Å². The molecule has 8 nitrogen and oxygen atoms in total. The molecule has 0 aliphatic carbocycles. The molecule has 0 N–H and O–H groups in total. The lowest BCUT2D eigenvalue weighted by atomic mass is 10.1. The highest BCUT2D eigenvalue weighted by molar-refractivity contribution is 6.31. The molecule has 3 aromatic heterocycles. The second-order valence-corrected chi connectivity index (χ2v) is 7.20. The summed E-state index contributed by atoms with van der Waals surface area (Å²) in [6.45, 7) is 0.